The number of hydrogen-bond acceptors (Lipinski definition) is 5. The van der Waals surface area contributed by atoms with Crippen LogP contribution in [0.4, 0.5) is 5.69 Å². The number of rotatable bonds is 8. The molecule has 142 valence electrons. The van der Waals surface area contributed by atoms with Crippen LogP contribution in [0.5, 0.6) is 11.6 Å². The third-order valence-electron chi connectivity index (χ3n) is 4.05. The van der Waals surface area contributed by atoms with Crippen molar-refractivity contribution in [3.05, 3.63) is 60.3 Å². The molecule has 0 aliphatic rings. The lowest BCUT2D eigenvalue weighted by atomic mass is 10.1. The molecule has 2 amide bonds. The Morgan fingerprint density at radius 3 is 2.52 bits per heavy atom. The highest BCUT2D eigenvalue weighted by Crippen LogP contribution is 2.22. The van der Waals surface area contributed by atoms with Crippen LogP contribution in [-0.4, -0.2) is 44.6 Å². The molecule has 1 heterocycles. The Balaban J connectivity index is 1.94. The highest BCUT2D eigenvalue weighted by Gasteiger charge is 2.11. The van der Waals surface area contributed by atoms with E-state index in [9.17, 15) is 9.59 Å². The number of benzene rings is 1. The van der Waals surface area contributed by atoms with E-state index >= 15 is 0 Å². The third-order valence-corrected chi connectivity index (χ3v) is 4.05. The highest BCUT2D eigenvalue weighted by atomic mass is 16.5. The van der Waals surface area contributed by atoms with Gasteiger partial charge in [-0.25, -0.2) is 4.98 Å². The van der Waals surface area contributed by atoms with Gasteiger partial charge in [-0.05, 0) is 36.8 Å². The van der Waals surface area contributed by atoms with E-state index in [1.165, 1.54) is 18.1 Å². The van der Waals surface area contributed by atoms with Crippen molar-refractivity contribution in [2.24, 2.45) is 0 Å². The summed E-state index contributed by atoms with van der Waals surface area (Å²) in [6.07, 6.45) is 3.48. The maximum atomic E-state index is 12.3. The molecular formula is C20H23N3O4. The van der Waals surface area contributed by atoms with E-state index in [0.29, 0.717) is 35.8 Å². The molecule has 0 saturated heterocycles. The molecule has 0 saturated carbocycles. The maximum absolute atomic E-state index is 12.3. The van der Waals surface area contributed by atoms with Crippen LogP contribution < -0.4 is 19.7 Å². The number of carbonyl (C=O) groups excluding carboxylic acids is 2. The monoisotopic (exact) mass is 369 g/mol. The number of pyridine rings is 1. The molecule has 0 aliphatic heterocycles. The van der Waals surface area contributed by atoms with Crippen molar-refractivity contribution in [3.63, 3.8) is 0 Å². The van der Waals surface area contributed by atoms with Gasteiger partial charge in [0.25, 0.3) is 5.91 Å². The van der Waals surface area contributed by atoms with Crippen LogP contribution in [0.15, 0.2) is 49.2 Å². The molecular weight excluding hydrogens is 346 g/mol. The molecule has 7 heteroatoms. The maximum Gasteiger partial charge on any atom is 0.251 e. The number of carbonyl (C=O) groups is 2. The summed E-state index contributed by atoms with van der Waals surface area (Å²) in [6, 6.07) is 8.48. The lowest BCUT2D eigenvalue weighted by Crippen LogP contribution is -2.26. The van der Waals surface area contributed by atoms with Crippen molar-refractivity contribution in [1.82, 2.24) is 10.3 Å². The van der Waals surface area contributed by atoms with E-state index in [1.807, 2.05) is 0 Å². The lowest BCUT2D eigenvalue weighted by molar-refractivity contribution is -0.113. The Bertz CT molecular complexity index is 818. The predicted octanol–water partition coefficient (Wildman–Crippen LogP) is 2.22. The molecule has 0 unspecified atom stereocenters. The summed E-state index contributed by atoms with van der Waals surface area (Å²) in [5, 5.41) is 2.86. The Labute approximate surface area is 158 Å². The van der Waals surface area contributed by atoms with Gasteiger partial charge in [-0.1, -0.05) is 6.58 Å². The Kier molecular flexibility index (Phi) is 6.93. The number of nitrogens with one attached hydrogen (secondary N) is 1. The number of aromatic nitrogens is 1. The molecule has 0 atom stereocenters. The molecule has 1 N–H and O–H groups in total. The van der Waals surface area contributed by atoms with Crippen LogP contribution in [0.2, 0.25) is 0 Å². The van der Waals surface area contributed by atoms with Crippen LogP contribution in [0, 0.1) is 0 Å². The number of nitrogens with zero attached hydrogens (tertiary/aromatic N) is 2. The van der Waals surface area contributed by atoms with E-state index in [4.69, 9.17) is 9.47 Å². The minimum Gasteiger partial charge on any atom is -0.496 e. The zero-order valence-corrected chi connectivity index (χ0v) is 15.7. The smallest absolute Gasteiger partial charge is 0.251 e. The molecule has 1 aromatic heterocycles. The first-order valence-electron chi connectivity index (χ1n) is 8.35. The van der Waals surface area contributed by atoms with Crippen molar-refractivity contribution in [2.75, 3.05) is 32.7 Å². The topological polar surface area (TPSA) is 80.8 Å². The average molecular weight is 369 g/mol. The van der Waals surface area contributed by atoms with Gasteiger partial charge in [0.1, 0.15) is 5.75 Å². The molecule has 0 radical (unpaired) electrons. The fourth-order valence-corrected chi connectivity index (χ4v) is 2.45. The van der Waals surface area contributed by atoms with Gasteiger partial charge >= 0.3 is 0 Å². The minimum absolute atomic E-state index is 0.195. The van der Waals surface area contributed by atoms with Crippen LogP contribution in [0.25, 0.3) is 0 Å². The second-order valence-electron chi connectivity index (χ2n) is 5.69. The molecule has 1 aromatic carbocycles. The molecule has 27 heavy (non-hydrogen) atoms. The Morgan fingerprint density at radius 2 is 1.93 bits per heavy atom. The quantitative estimate of drug-likeness (QED) is 0.722. The van der Waals surface area contributed by atoms with E-state index in [1.54, 1.807) is 50.7 Å². The SMILES string of the molecule is C=CC(=O)N(C)c1ccc(C(=O)NCCc2cnc(OC)cc2OC)cc1. The lowest BCUT2D eigenvalue weighted by Gasteiger charge is -2.15. The number of methoxy groups -OCH3 is 2. The summed E-state index contributed by atoms with van der Waals surface area (Å²) < 4.78 is 10.4. The van der Waals surface area contributed by atoms with Crippen LogP contribution in [0.3, 0.4) is 0 Å². The fraction of sp³-hybridized carbons (Fsp3) is 0.250. The summed E-state index contributed by atoms with van der Waals surface area (Å²) in [5.74, 6) is 0.726. The van der Waals surface area contributed by atoms with Gasteiger partial charge in [0, 0.05) is 42.7 Å². The normalized spacial score (nSPS) is 10.0. The average Bonchev–Trinajstić information content (AvgIpc) is 2.72. The Morgan fingerprint density at radius 1 is 1.22 bits per heavy atom. The van der Waals surface area contributed by atoms with Gasteiger partial charge in [-0.2, -0.15) is 0 Å². The van der Waals surface area contributed by atoms with Gasteiger partial charge in [-0.3, -0.25) is 9.59 Å². The summed E-state index contributed by atoms with van der Waals surface area (Å²) in [7, 11) is 4.76. The molecule has 2 aromatic rings. The standard InChI is InChI=1S/C20H23N3O4/c1-5-19(24)23(2)16-8-6-14(7-9-16)20(25)21-11-10-15-13-22-18(27-4)12-17(15)26-3/h5-9,12-13H,1,10-11H2,2-4H3,(H,21,25). The number of hydrogen-bond donors (Lipinski definition) is 1. The third kappa shape index (κ3) is 5.07. The number of ether oxygens (including phenoxy) is 2. The molecule has 7 nitrogen and oxygen atoms in total. The summed E-state index contributed by atoms with van der Waals surface area (Å²) in [4.78, 5) is 29.5. The first kappa shape index (κ1) is 20.0. The van der Waals surface area contributed by atoms with E-state index < -0.39 is 0 Å². The predicted molar refractivity (Wildman–Crippen MR) is 103 cm³/mol. The first-order chi connectivity index (χ1) is 13.0. The molecule has 0 bridgehead atoms. The molecule has 0 spiro atoms. The second-order valence-corrected chi connectivity index (χ2v) is 5.69. The van der Waals surface area contributed by atoms with E-state index in [-0.39, 0.29) is 11.8 Å². The number of amides is 2. The van der Waals surface area contributed by atoms with Gasteiger partial charge in [-0.15, -0.1) is 0 Å². The van der Waals surface area contributed by atoms with E-state index in [2.05, 4.69) is 16.9 Å². The molecule has 2 rings (SSSR count). The second kappa shape index (κ2) is 9.38. The Hall–Kier alpha value is -3.35. The van der Waals surface area contributed by atoms with Gasteiger partial charge < -0.3 is 19.7 Å². The number of anilines is 1. The van der Waals surface area contributed by atoms with Gasteiger partial charge in [0.05, 0.1) is 14.2 Å². The van der Waals surface area contributed by atoms with Crippen molar-refractivity contribution in [2.45, 2.75) is 6.42 Å². The number of likely N-dealkylation sites (N-methyl/N-ethyl adjacent to an activating group) is 1. The van der Waals surface area contributed by atoms with Crippen molar-refractivity contribution in [1.29, 1.82) is 0 Å². The summed E-state index contributed by atoms with van der Waals surface area (Å²) in [5.41, 5.74) is 2.07. The van der Waals surface area contributed by atoms with Crippen LogP contribution in [-0.2, 0) is 11.2 Å². The van der Waals surface area contributed by atoms with Crippen LogP contribution in [0.1, 0.15) is 15.9 Å². The minimum atomic E-state index is -0.214. The van der Waals surface area contributed by atoms with Crippen molar-refractivity contribution >= 4 is 17.5 Å². The molecule has 0 aliphatic carbocycles. The summed E-state index contributed by atoms with van der Waals surface area (Å²) in [6.45, 7) is 3.89. The van der Waals surface area contributed by atoms with Crippen molar-refractivity contribution in [3.8, 4) is 11.6 Å². The fourth-order valence-electron chi connectivity index (χ4n) is 2.45. The zero-order chi connectivity index (χ0) is 19.8. The summed E-state index contributed by atoms with van der Waals surface area (Å²) >= 11 is 0. The first-order valence-corrected chi connectivity index (χ1v) is 8.35. The largest absolute Gasteiger partial charge is 0.496 e. The molecule has 0 fully saturated rings. The zero-order valence-electron chi connectivity index (χ0n) is 15.7. The van der Waals surface area contributed by atoms with Crippen molar-refractivity contribution < 1.29 is 19.1 Å². The van der Waals surface area contributed by atoms with Gasteiger partial charge in [0.2, 0.25) is 11.8 Å². The van der Waals surface area contributed by atoms with Crippen LogP contribution >= 0.6 is 0 Å². The van der Waals surface area contributed by atoms with Gasteiger partial charge in [0.15, 0.2) is 0 Å². The van der Waals surface area contributed by atoms with E-state index in [0.717, 1.165) is 5.56 Å². The highest BCUT2D eigenvalue weighted by molar-refractivity contribution is 6.01.